The number of ketones is 1. The fourth-order valence-corrected chi connectivity index (χ4v) is 3.33. The van der Waals surface area contributed by atoms with Gasteiger partial charge in [0.15, 0.2) is 5.82 Å². The standard InChI is InChI=1S/C22H24N8O/c1-3-5-12-30-20(24-22(27-30)19(31)4-2)13-16-11-10-15(14-23-16)17-8-6-7-9-18(17)21-25-28-29-26-21/h6-11,14H,3-5,12-13H2,1-2H3,(H,25,26,28,29). The van der Waals surface area contributed by atoms with E-state index < -0.39 is 0 Å². The van der Waals surface area contributed by atoms with E-state index in [1.54, 1.807) is 0 Å². The lowest BCUT2D eigenvalue weighted by Gasteiger charge is -2.08. The predicted octanol–water partition coefficient (Wildman–Crippen LogP) is 3.50. The van der Waals surface area contributed by atoms with Crippen LogP contribution in [-0.4, -0.2) is 46.2 Å². The summed E-state index contributed by atoms with van der Waals surface area (Å²) in [7, 11) is 0. The molecule has 0 unspecified atom stereocenters. The molecule has 0 radical (unpaired) electrons. The number of aromatic nitrogens is 8. The number of tetrazole rings is 1. The predicted molar refractivity (Wildman–Crippen MR) is 115 cm³/mol. The van der Waals surface area contributed by atoms with E-state index in [-0.39, 0.29) is 5.78 Å². The maximum Gasteiger partial charge on any atom is 0.217 e. The van der Waals surface area contributed by atoms with Gasteiger partial charge < -0.3 is 0 Å². The molecule has 0 bridgehead atoms. The highest BCUT2D eigenvalue weighted by atomic mass is 16.1. The molecule has 3 aromatic heterocycles. The second-order valence-electron chi connectivity index (χ2n) is 7.22. The van der Waals surface area contributed by atoms with Crippen molar-refractivity contribution in [1.29, 1.82) is 0 Å². The van der Waals surface area contributed by atoms with Crippen LogP contribution >= 0.6 is 0 Å². The summed E-state index contributed by atoms with van der Waals surface area (Å²) < 4.78 is 1.84. The normalized spacial score (nSPS) is 11.0. The third kappa shape index (κ3) is 4.55. The Morgan fingerprint density at radius 2 is 1.94 bits per heavy atom. The molecule has 31 heavy (non-hydrogen) atoms. The van der Waals surface area contributed by atoms with Gasteiger partial charge in [-0.05, 0) is 28.5 Å². The summed E-state index contributed by atoms with van der Waals surface area (Å²) in [6.07, 6.45) is 4.77. The molecule has 0 amide bonds. The van der Waals surface area contributed by atoms with Crippen LogP contribution in [-0.2, 0) is 13.0 Å². The highest BCUT2D eigenvalue weighted by Gasteiger charge is 2.16. The summed E-state index contributed by atoms with van der Waals surface area (Å²) in [4.78, 5) is 21.2. The lowest BCUT2D eigenvalue weighted by molar-refractivity contribution is 0.0978. The monoisotopic (exact) mass is 416 g/mol. The van der Waals surface area contributed by atoms with Crippen molar-refractivity contribution >= 4 is 5.78 Å². The van der Waals surface area contributed by atoms with E-state index in [1.165, 1.54) is 0 Å². The topological polar surface area (TPSA) is 115 Å². The zero-order valence-electron chi connectivity index (χ0n) is 17.6. The Kier molecular flexibility index (Phi) is 6.21. The lowest BCUT2D eigenvalue weighted by Crippen LogP contribution is -2.07. The van der Waals surface area contributed by atoms with Crippen molar-refractivity contribution in [3.05, 3.63) is 59.9 Å². The summed E-state index contributed by atoms with van der Waals surface area (Å²) >= 11 is 0. The van der Waals surface area contributed by atoms with Crippen molar-refractivity contribution in [3.8, 4) is 22.5 Å². The molecule has 0 atom stereocenters. The molecule has 3 heterocycles. The molecule has 4 aromatic rings. The third-order valence-electron chi connectivity index (χ3n) is 5.04. The van der Waals surface area contributed by atoms with Gasteiger partial charge in [0.05, 0.1) is 0 Å². The van der Waals surface area contributed by atoms with Crippen LogP contribution in [0.4, 0.5) is 0 Å². The Morgan fingerprint density at radius 1 is 1.10 bits per heavy atom. The molecule has 0 aliphatic carbocycles. The van der Waals surface area contributed by atoms with E-state index in [2.05, 4.69) is 42.6 Å². The summed E-state index contributed by atoms with van der Waals surface area (Å²) in [5, 5.41) is 18.6. The molecule has 158 valence electrons. The van der Waals surface area contributed by atoms with Crippen molar-refractivity contribution in [1.82, 2.24) is 40.4 Å². The number of aromatic amines is 1. The number of carbonyl (C=O) groups excluding carboxylic acids is 1. The second kappa shape index (κ2) is 9.38. The molecular formula is C22H24N8O. The van der Waals surface area contributed by atoms with Gasteiger partial charge in [-0.25, -0.2) is 14.8 Å². The number of nitrogens with zero attached hydrogens (tertiary/aromatic N) is 7. The Balaban J connectivity index is 1.59. The first-order valence-electron chi connectivity index (χ1n) is 10.4. The molecule has 0 saturated carbocycles. The lowest BCUT2D eigenvalue weighted by atomic mass is 10.0. The maximum atomic E-state index is 12.1. The first kappa shape index (κ1) is 20.5. The van der Waals surface area contributed by atoms with Crippen molar-refractivity contribution in [2.75, 3.05) is 0 Å². The van der Waals surface area contributed by atoms with E-state index >= 15 is 0 Å². The van der Waals surface area contributed by atoms with Crippen molar-refractivity contribution in [2.45, 2.75) is 46.1 Å². The second-order valence-corrected chi connectivity index (χ2v) is 7.22. The number of carbonyl (C=O) groups is 1. The van der Waals surface area contributed by atoms with Crippen molar-refractivity contribution < 1.29 is 4.79 Å². The smallest absolute Gasteiger partial charge is 0.217 e. The molecular weight excluding hydrogens is 392 g/mol. The van der Waals surface area contributed by atoms with E-state index in [9.17, 15) is 4.79 Å². The zero-order valence-corrected chi connectivity index (χ0v) is 17.6. The zero-order chi connectivity index (χ0) is 21.6. The van der Waals surface area contributed by atoms with Crippen molar-refractivity contribution in [2.24, 2.45) is 0 Å². The molecule has 1 aromatic carbocycles. The molecule has 0 aliphatic heterocycles. The van der Waals surface area contributed by atoms with Gasteiger partial charge >= 0.3 is 0 Å². The fourth-order valence-electron chi connectivity index (χ4n) is 3.33. The molecule has 1 N–H and O–H groups in total. The number of Topliss-reactive ketones (excluding diaryl/α,β-unsaturated/α-hetero) is 1. The van der Waals surface area contributed by atoms with Crippen LogP contribution in [0.25, 0.3) is 22.5 Å². The van der Waals surface area contributed by atoms with Gasteiger partial charge in [-0.1, -0.05) is 50.6 Å². The Morgan fingerprint density at radius 3 is 2.61 bits per heavy atom. The van der Waals surface area contributed by atoms with Crippen LogP contribution in [0.3, 0.4) is 0 Å². The molecule has 0 spiro atoms. The van der Waals surface area contributed by atoms with Crippen LogP contribution in [0.5, 0.6) is 0 Å². The molecule has 9 nitrogen and oxygen atoms in total. The first-order valence-corrected chi connectivity index (χ1v) is 10.4. The molecule has 0 aliphatic rings. The van der Waals surface area contributed by atoms with Gasteiger partial charge in [-0.2, -0.15) is 0 Å². The van der Waals surface area contributed by atoms with Gasteiger partial charge in [0.2, 0.25) is 11.6 Å². The number of rotatable bonds is 9. The Bertz CT molecular complexity index is 1150. The summed E-state index contributed by atoms with van der Waals surface area (Å²) in [6, 6.07) is 11.9. The van der Waals surface area contributed by atoms with Crippen LogP contribution in [0, 0.1) is 0 Å². The molecule has 0 fully saturated rings. The number of pyridine rings is 1. The van der Waals surface area contributed by atoms with Gasteiger partial charge in [0, 0.05) is 42.4 Å². The number of nitrogens with one attached hydrogen (secondary N) is 1. The molecule has 0 saturated heterocycles. The summed E-state index contributed by atoms with van der Waals surface area (Å²) in [5.41, 5.74) is 3.72. The van der Waals surface area contributed by atoms with Gasteiger partial charge in [0.1, 0.15) is 5.82 Å². The van der Waals surface area contributed by atoms with E-state index in [0.717, 1.165) is 47.6 Å². The summed E-state index contributed by atoms with van der Waals surface area (Å²) in [6.45, 7) is 4.69. The first-order chi connectivity index (χ1) is 15.2. The van der Waals surface area contributed by atoms with Crippen LogP contribution in [0.15, 0.2) is 42.6 Å². The fraction of sp³-hybridized carbons (Fsp3) is 0.318. The van der Waals surface area contributed by atoms with Crippen LogP contribution in [0.1, 0.15) is 55.2 Å². The highest BCUT2D eigenvalue weighted by molar-refractivity contribution is 5.92. The minimum Gasteiger partial charge on any atom is -0.291 e. The van der Waals surface area contributed by atoms with Crippen LogP contribution in [0.2, 0.25) is 0 Å². The average Bonchev–Trinajstić information content (AvgIpc) is 3.48. The van der Waals surface area contributed by atoms with E-state index in [1.807, 2.05) is 54.2 Å². The Hall–Kier alpha value is -3.75. The van der Waals surface area contributed by atoms with E-state index in [0.29, 0.717) is 24.5 Å². The number of benzene rings is 1. The van der Waals surface area contributed by atoms with Crippen LogP contribution < -0.4 is 0 Å². The van der Waals surface area contributed by atoms with E-state index in [4.69, 9.17) is 0 Å². The number of unbranched alkanes of at least 4 members (excludes halogenated alkanes) is 1. The summed E-state index contributed by atoms with van der Waals surface area (Å²) in [5.74, 6) is 1.62. The van der Waals surface area contributed by atoms with Gasteiger partial charge in [-0.3, -0.25) is 9.78 Å². The Labute approximate surface area is 180 Å². The number of H-pyrrole nitrogens is 1. The average molecular weight is 416 g/mol. The minimum atomic E-state index is -0.0432. The molecule has 4 rings (SSSR count). The van der Waals surface area contributed by atoms with Gasteiger partial charge in [-0.15, -0.1) is 10.2 Å². The number of aryl methyl sites for hydroxylation is 1. The van der Waals surface area contributed by atoms with Crippen molar-refractivity contribution in [3.63, 3.8) is 0 Å². The number of hydrogen-bond acceptors (Lipinski definition) is 7. The third-order valence-corrected chi connectivity index (χ3v) is 5.04. The number of hydrogen-bond donors (Lipinski definition) is 1. The quantitative estimate of drug-likeness (QED) is 0.415. The highest BCUT2D eigenvalue weighted by Crippen LogP contribution is 2.29. The minimum absolute atomic E-state index is 0.0432. The maximum absolute atomic E-state index is 12.1. The van der Waals surface area contributed by atoms with Gasteiger partial charge in [0.25, 0.3) is 0 Å². The SMILES string of the molecule is CCCCn1nc(C(=O)CC)nc1Cc1ccc(-c2ccccc2-c2nnn[nH]2)cn1. The molecule has 9 heteroatoms. The largest absolute Gasteiger partial charge is 0.291 e.